The number of nitrogens with zero attached hydrogens (tertiary/aromatic N) is 4. The molecule has 0 unspecified atom stereocenters. The van der Waals surface area contributed by atoms with E-state index in [4.69, 9.17) is 4.74 Å². The molecule has 6 rings (SSSR count). The van der Waals surface area contributed by atoms with Crippen LogP contribution in [0.15, 0.2) is 24.9 Å². The SMILES string of the molecule is O=C(COC1CC(OC(F)(F)F)C1)NC12CC(n3cnc(-c4cnc(C(F)(F)F)nc4)c3)(C1)C2. The number of nitrogens with one attached hydrogen (secondary N) is 1. The van der Waals surface area contributed by atoms with Crippen LogP contribution in [0.2, 0.25) is 0 Å². The summed E-state index contributed by atoms with van der Waals surface area (Å²) in [5, 5.41) is 2.93. The van der Waals surface area contributed by atoms with Crippen LogP contribution in [0.25, 0.3) is 11.3 Å². The summed E-state index contributed by atoms with van der Waals surface area (Å²) >= 11 is 0. The maximum atomic E-state index is 12.6. The molecule has 34 heavy (non-hydrogen) atoms. The molecule has 0 radical (unpaired) electrons. The minimum Gasteiger partial charge on any atom is -0.368 e. The van der Waals surface area contributed by atoms with Crippen molar-refractivity contribution in [2.24, 2.45) is 0 Å². The van der Waals surface area contributed by atoms with Crippen LogP contribution in [-0.4, -0.2) is 56.1 Å². The molecule has 0 aliphatic heterocycles. The molecule has 2 bridgehead atoms. The van der Waals surface area contributed by atoms with E-state index in [-0.39, 0.29) is 36.4 Å². The first-order valence-electron chi connectivity index (χ1n) is 10.5. The van der Waals surface area contributed by atoms with Gasteiger partial charge in [0.15, 0.2) is 0 Å². The second-order valence-electron chi connectivity index (χ2n) is 9.13. The van der Waals surface area contributed by atoms with Crippen molar-refractivity contribution >= 4 is 5.91 Å². The van der Waals surface area contributed by atoms with Gasteiger partial charge in [0.2, 0.25) is 11.7 Å². The number of carbonyl (C=O) groups excluding carboxylic acids is 1. The van der Waals surface area contributed by atoms with E-state index < -0.39 is 30.6 Å². The fourth-order valence-corrected chi connectivity index (χ4v) is 4.94. The third kappa shape index (κ3) is 4.35. The molecular weight excluding hydrogens is 472 g/mol. The Morgan fingerprint density at radius 3 is 2.29 bits per heavy atom. The van der Waals surface area contributed by atoms with Gasteiger partial charge in [0.05, 0.1) is 29.8 Å². The minimum absolute atomic E-state index is 0.0912. The molecule has 4 fully saturated rings. The number of alkyl halides is 6. The quantitative estimate of drug-likeness (QED) is 0.599. The van der Waals surface area contributed by atoms with Crippen molar-refractivity contribution in [2.75, 3.05) is 6.61 Å². The summed E-state index contributed by atoms with van der Waals surface area (Å²) < 4.78 is 85.4. The first-order valence-corrected chi connectivity index (χ1v) is 10.5. The van der Waals surface area contributed by atoms with Gasteiger partial charge in [-0.2, -0.15) is 13.2 Å². The fourth-order valence-electron chi connectivity index (χ4n) is 4.94. The first kappa shape index (κ1) is 23.0. The Kier molecular flexibility index (Phi) is 5.17. The van der Waals surface area contributed by atoms with Gasteiger partial charge >= 0.3 is 12.5 Å². The van der Waals surface area contributed by atoms with Gasteiger partial charge in [0.25, 0.3) is 0 Å². The predicted molar refractivity (Wildman–Crippen MR) is 101 cm³/mol. The van der Waals surface area contributed by atoms with Gasteiger partial charge in [-0.3, -0.25) is 9.53 Å². The third-order valence-corrected chi connectivity index (χ3v) is 6.54. The van der Waals surface area contributed by atoms with Gasteiger partial charge in [-0.05, 0) is 19.3 Å². The number of ether oxygens (including phenoxy) is 2. The van der Waals surface area contributed by atoms with Gasteiger partial charge in [-0.15, -0.1) is 13.2 Å². The Labute approximate surface area is 188 Å². The van der Waals surface area contributed by atoms with E-state index in [0.29, 0.717) is 30.5 Å². The predicted octanol–water partition coefficient (Wildman–Crippen LogP) is 3.19. The zero-order valence-electron chi connectivity index (χ0n) is 17.5. The molecule has 184 valence electrons. The highest BCUT2D eigenvalue weighted by atomic mass is 19.4. The van der Waals surface area contributed by atoms with Crippen molar-refractivity contribution in [1.82, 2.24) is 24.8 Å². The van der Waals surface area contributed by atoms with Crippen LogP contribution in [0.3, 0.4) is 0 Å². The molecule has 0 saturated heterocycles. The largest absolute Gasteiger partial charge is 0.522 e. The van der Waals surface area contributed by atoms with Crippen LogP contribution in [0, 0.1) is 0 Å². The summed E-state index contributed by atoms with van der Waals surface area (Å²) in [6.07, 6.45) is -3.02. The van der Waals surface area contributed by atoms with Crippen LogP contribution in [0.4, 0.5) is 26.3 Å². The molecule has 4 saturated carbocycles. The number of aromatic nitrogens is 4. The van der Waals surface area contributed by atoms with Crippen molar-refractivity contribution in [3.8, 4) is 11.3 Å². The lowest BCUT2D eigenvalue weighted by Crippen LogP contribution is -2.78. The van der Waals surface area contributed by atoms with Gasteiger partial charge in [-0.1, -0.05) is 0 Å². The van der Waals surface area contributed by atoms with Crippen LogP contribution >= 0.6 is 0 Å². The lowest BCUT2D eigenvalue weighted by atomic mass is 9.44. The van der Waals surface area contributed by atoms with Crippen molar-refractivity contribution in [2.45, 2.75) is 67.9 Å². The highest BCUT2D eigenvalue weighted by Crippen LogP contribution is 2.65. The van der Waals surface area contributed by atoms with E-state index in [0.717, 1.165) is 12.4 Å². The average Bonchev–Trinajstić information content (AvgIpc) is 3.13. The van der Waals surface area contributed by atoms with E-state index in [9.17, 15) is 31.1 Å². The molecule has 4 aliphatic carbocycles. The number of halogens is 6. The van der Waals surface area contributed by atoms with E-state index in [1.807, 2.05) is 4.57 Å². The molecule has 0 spiro atoms. The molecule has 14 heteroatoms. The molecule has 1 amide bonds. The molecule has 2 aromatic heterocycles. The van der Waals surface area contributed by atoms with Crippen LogP contribution < -0.4 is 5.32 Å². The Morgan fingerprint density at radius 1 is 1.06 bits per heavy atom. The summed E-state index contributed by atoms with van der Waals surface area (Å²) in [5.74, 6) is -1.55. The minimum atomic E-state index is -4.67. The van der Waals surface area contributed by atoms with Gasteiger partial charge in [0.1, 0.15) is 6.61 Å². The monoisotopic (exact) mass is 491 g/mol. The van der Waals surface area contributed by atoms with E-state index in [1.54, 1.807) is 12.5 Å². The number of carbonyl (C=O) groups is 1. The number of imidazole rings is 1. The summed E-state index contributed by atoms with van der Waals surface area (Å²) in [6, 6.07) is 0. The molecule has 1 N–H and O–H groups in total. The van der Waals surface area contributed by atoms with Crippen molar-refractivity contribution in [3.05, 3.63) is 30.7 Å². The molecule has 0 aromatic carbocycles. The number of rotatable bonds is 7. The van der Waals surface area contributed by atoms with E-state index >= 15 is 0 Å². The Morgan fingerprint density at radius 2 is 1.71 bits per heavy atom. The van der Waals surface area contributed by atoms with Crippen LogP contribution in [0.5, 0.6) is 0 Å². The smallest absolute Gasteiger partial charge is 0.368 e. The Hall–Kier alpha value is -2.74. The summed E-state index contributed by atoms with van der Waals surface area (Å²) in [4.78, 5) is 23.1. The van der Waals surface area contributed by atoms with Gasteiger partial charge in [0, 0.05) is 42.5 Å². The topological polar surface area (TPSA) is 91.2 Å². The standard InChI is InChI=1S/C20H19F6N5O3/c21-19(22,23)16-27-3-11(4-28-16)14-5-31(10-29-14)18-7-17(8-18,9-18)30-15(32)6-33-12-1-13(2-12)34-20(24,25)26/h3-5,10,12-13H,1-2,6-9H2,(H,30,32). The van der Waals surface area contributed by atoms with Crippen molar-refractivity contribution in [3.63, 3.8) is 0 Å². The van der Waals surface area contributed by atoms with Crippen LogP contribution in [0.1, 0.15) is 37.9 Å². The first-order chi connectivity index (χ1) is 15.8. The summed E-state index contributed by atoms with van der Waals surface area (Å²) in [5.41, 5.74) is 0.224. The summed E-state index contributed by atoms with van der Waals surface area (Å²) in [7, 11) is 0. The van der Waals surface area contributed by atoms with Crippen molar-refractivity contribution in [1.29, 1.82) is 0 Å². The third-order valence-electron chi connectivity index (χ3n) is 6.54. The Balaban J connectivity index is 1.08. The molecule has 2 aromatic rings. The maximum Gasteiger partial charge on any atom is 0.522 e. The molecule has 0 atom stereocenters. The maximum absolute atomic E-state index is 12.6. The van der Waals surface area contributed by atoms with E-state index in [1.165, 1.54) is 0 Å². The summed E-state index contributed by atoms with van der Waals surface area (Å²) in [6.45, 7) is -0.235. The Bertz CT molecular complexity index is 1060. The number of hydrogen-bond acceptors (Lipinski definition) is 6. The van der Waals surface area contributed by atoms with Crippen LogP contribution in [-0.2, 0) is 26.0 Å². The van der Waals surface area contributed by atoms with Gasteiger partial charge in [-0.25, -0.2) is 15.0 Å². The van der Waals surface area contributed by atoms with Gasteiger partial charge < -0.3 is 14.6 Å². The normalized spacial score (nSPS) is 30.2. The molecule has 8 nitrogen and oxygen atoms in total. The molecule has 4 aliphatic rings. The van der Waals surface area contributed by atoms with Crippen molar-refractivity contribution < 1.29 is 40.6 Å². The highest BCUT2D eigenvalue weighted by molar-refractivity contribution is 5.79. The molecular formula is C20H19F6N5O3. The number of hydrogen-bond donors (Lipinski definition) is 1. The second-order valence-corrected chi connectivity index (χ2v) is 9.13. The zero-order valence-corrected chi connectivity index (χ0v) is 17.5. The lowest BCUT2D eigenvalue weighted by Gasteiger charge is -2.70. The highest BCUT2D eigenvalue weighted by Gasteiger charge is 2.69. The number of amides is 1. The van der Waals surface area contributed by atoms with E-state index in [2.05, 4.69) is 25.0 Å². The molecule has 2 heterocycles. The second kappa shape index (κ2) is 7.63. The lowest BCUT2D eigenvalue weighted by molar-refractivity contribution is -0.357. The average molecular weight is 491 g/mol. The fraction of sp³-hybridized carbons (Fsp3) is 0.600. The zero-order chi connectivity index (χ0) is 24.4.